The summed E-state index contributed by atoms with van der Waals surface area (Å²) >= 11 is 5.89. The monoisotopic (exact) mass is 295 g/mol. The zero-order chi connectivity index (χ0) is 14.8. The second-order valence-corrected chi connectivity index (χ2v) is 5.77. The Kier molecular flexibility index (Phi) is 4.33. The first-order valence-corrected chi connectivity index (χ1v) is 7.13. The van der Waals surface area contributed by atoms with Crippen LogP contribution in [0.5, 0.6) is 0 Å². The van der Waals surface area contributed by atoms with E-state index in [9.17, 15) is 9.59 Å². The molecule has 0 aromatic heterocycles. The summed E-state index contributed by atoms with van der Waals surface area (Å²) in [4.78, 5) is 23.5. The van der Waals surface area contributed by atoms with Crippen molar-refractivity contribution in [2.24, 2.45) is 0 Å². The summed E-state index contributed by atoms with van der Waals surface area (Å²) in [6, 6.07) is 6.37. The first-order chi connectivity index (χ1) is 9.45. The van der Waals surface area contributed by atoms with E-state index >= 15 is 0 Å². The van der Waals surface area contributed by atoms with Gasteiger partial charge in [0.1, 0.15) is 6.04 Å². The van der Waals surface area contributed by atoms with Gasteiger partial charge in [-0.3, -0.25) is 9.59 Å². The number of aliphatic carboxylic acids is 1. The molecule has 1 aromatic rings. The van der Waals surface area contributed by atoms with Crippen LogP contribution < -0.4 is 5.32 Å². The van der Waals surface area contributed by atoms with Crippen molar-refractivity contribution >= 4 is 23.5 Å². The summed E-state index contributed by atoms with van der Waals surface area (Å²) in [6.07, 6.45) is 3.43. The second-order valence-electron chi connectivity index (χ2n) is 5.33. The van der Waals surface area contributed by atoms with Crippen LogP contribution in [-0.4, -0.2) is 23.0 Å². The Labute approximate surface area is 123 Å². The van der Waals surface area contributed by atoms with Gasteiger partial charge in [-0.15, -0.1) is 0 Å². The number of hydrogen-bond acceptors (Lipinski definition) is 2. The number of carboxylic acid groups (broad SMARTS) is 1. The third-order valence-electron chi connectivity index (χ3n) is 4.01. The van der Waals surface area contributed by atoms with Gasteiger partial charge in [0.15, 0.2) is 0 Å². The van der Waals surface area contributed by atoms with Gasteiger partial charge in [0.2, 0.25) is 5.91 Å². The van der Waals surface area contributed by atoms with E-state index in [1.807, 2.05) is 12.1 Å². The normalized spacial score (nSPS) is 18.5. The molecule has 108 valence electrons. The molecule has 0 aliphatic heterocycles. The van der Waals surface area contributed by atoms with Crippen LogP contribution >= 0.6 is 11.6 Å². The average molecular weight is 296 g/mol. The molecule has 2 rings (SSSR count). The minimum Gasteiger partial charge on any atom is -0.480 e. The lowest BCUT2D eigenvalue weighted by Gasteiger charge is -2.29. The molecule has 2 N–H and O–H groups in total. The van der Waals surface area contributed by atoms with E-state index in [-0.39, 0.29) is 5.91 Å². The van der Waals surface area contributed by atoms with Crippen LogP contribution in [-0.2, 0) is 15.0 Å². The van der Waals surface area contributed by atoms with Crippen LogP contribution in [0.15, 0.2) is 24.3 Å². The third kappa shape index (κ3) is 2.80. The molecule has 4 nitrogen and oxygen atoms in total. The van der Waals surface area contributed by atoms with E-state index in [1.165, 1.54) is 6.92 Å². The van der Waals surface area contributed by atoms with Crippen molar-refractivity contribution in [3.05, 3.63) is 34.9 Å². The van der Waals surface area contributed by atoms with E-state index in [4.69, 9.17) is 16.7 Å². The van der Waals surface area contributed by atoms with Crippen LogP contribution in [0.1, 0.15) is 38.2 Å². The molecule has 1 fully saturated rings. The highest BCUT2D eigenvalue weighted by Gasteiger charge is 2.43. The van der Waals surface area contributed by atoms with Gasteiger partial charge >= 0.3 is 5.97 Å². The topological polar surface area (TPSA) is 66.4 Å². The number of halogens is 1. The second kappa shape index (κ2) is 5.83. The standard InChI is InChI=1S/C15H18ClNO3/c1-10(13(18)19)17-14(20)15(8-2-3-9-15)11-4-6-12(16)7-5-11/h4-7,10H,2-3,8-9H2,1H3,(H,17,20)(H,18,19)/t10-/m1/s1. The van der Waals surface area contributed by atoms with Crippen LogP contribution in [0.25, 0.3) is 0 Å². The number of rotatable bonds is 4. The lowest BCUT2D eigenvalue weighted by atomic mass is 9.78. The maximum absolute atomic E-state index is 12.6. The smallest absolute Gasteiger partial charge is 0.325 e. The molecule has 5 heteroatoms. The Bertz CT molecular complexity index is 506. The van der Waals surface area contributed by atoms with E-state index < -0.39 is 17.4 Å². The van der Waals surface area contributed by atoms with Gasteiger partial charge in [-0.1, -0.05) is 36.6 Å². The highest BCUT2D eigenvalue weighted by molar-refractivity contribution is 6.30. The summed E-state index contributed by atoms with van der Waals surface area (Å²) in [5.41, 5.74) is 0.295. The van der Waals surface area contributed by atoms with Gasteiger partial charge in [0.25, 0.3) is 0 Å². The summed E-state index contributed by atoms with van der Waals surface area (Å²) in [5, 5.41) is 12.2. The van der Waals surface area contributed by atoms with E-state index in [0.717, 1.165) is 31.2 Å². The number of hydrogen-bond donors (Lipinski definition) is 2. The summed E-state index contributed by atoms with van der Waals surface area (Å²) in [5.74, 6) is -1.23. The van der Waals surface area contributed by atoms with Crippen molar-refractivity contribution in [1.82, 2.24) is 5.32 Å². The van der Waals surface area contributed by atoms with Crippen molar-refractivity contribution in [2.75, 3.05) is 0 Å². The van der Waals surface area contributed by atoms with Crippen molar-refractivity contribution < 1.29 is 14.7 Å². The van der Waals surface area contributed by atoms with E-state index in [2.05, 4.69) is 5.32 Å². The highest BCUT2D eigenvalue weighted by atomic mass is 35.5. The molecular weight excluding hydrogens is 278 g/mol. The lowest BCUT2D eigenvalue weighted by molar-refractivity contribution is -0.142. The minimum atomic E-state index is -1.03. The maximum atomic E-state index is 12.6. The Morgan fingerprint density at radius 1 is 1.25 bits per heavy atom. The maximum Gasteiger partial charge on any atom is 0.325 e. The largest absolute Gasteiger partial charge is 0.480 e. The van der Waals surface area contributed by atoms with E-state index in [0.29, 0.717) is 5.02 Å². The van der Waals surface area contributed by atoms with E-state index in [1.54, 1.807) is 12.1 Å². The Morgan fingerprint density at radius 3 is 2.30 bits per heavy atom. The number of carboxylic acids is 1. The first kappa shape index (κ1) is 14.9. The molecule has 0 unspecified atom stereocenters. The number of amides is 1. The summed E-state index contributed by atoms with van der Waals surface area (Å²) in [7, 11) is 0. The molecule has 1 aliphatic carbocycles. The predicted molar refractivity (Wildman–Crippen MR) is 76.8 cm³/mol. The Hall–Kier alpha value is -1.55. The van der Waals surface area contributed by atoms with Gasteiger partial charge in [0.05, 0.1) is 5.41 Å². The van der Waals surface area contributed by atoms with Gasteiger partial charge in [-0.25, -0.2) is 0 Å². The zero-order valence-corrected chi connectivity index (χ0v) is 12.1. The minimum absolute atomic E-state index is 0.202. The average Bonchev–Trinajstić information content (AvgIpc) is 2.90. The van der Waals surface area contributed by atoms with Crippen LogP contribution in [0.3, 0.4) is 0 Å². The van der Waals surface area contributed by atoms with Gasteiger partial charge in [-0.05, 0) is 37.5 Å². The highest BCUT2D eigenvalue weighted by Crippen LogP contribution is 2.41. The van der Waals surface area contributed by atoms with Crippen LogP contribution in [0.2, 0.25) is 5.02 Å². The molecule has 1 saturated carbocycles. The van der Waals surface area contributed by atoms with Gasteiger partial charge < -0.3 is 10.4 Å². The molecule has 0 saturated heterocycles. The lowest BCUT2D eigenvalue weighted by Crippen LogP contribution is -2.48. The van der Waals surface area contributed by atoms with Crippen molar-refractivity contribution in [3.63, 3.8) is 0 Å². The number of nitrogens with one attached hydrogen (secondary N) is 1. The molecule has 1 aromatic carbocycles. The number of carbonyl (C=O) groups excluding carboxylic acids is 1. The molecule has 0 bridgehead atoms. The molecule has 0 heterocycles. The SMILES string of the molecule is C[C@@H](NC(=O)C1(c2ccc(Cl)cc2)CCCC1)C(=O)O. The predicted octanol–water partition coefficient (Wildman–Crippen LogP) is 2.74. The van der Waals surface area contributed by atoms with Crippen LogP contribution in [0.4, 0.5) is 0 Å². The molecule has 1 aliphatic rings. The molecule has 1 atom stereocenters. The first-order valence-electron chi connectivity index (χ1n) is 6.75. The number of benzene rings is 1. The molecule has 0 spiro atoms. The van der Waals surface area contributed by atoms with Crippen molar-refractivity contribution in [1.29, 1.82) is 0 Å². The zero-order valence-electron chi connectivity index (χ0n) is 11.4. The molecular formula is C15H18ClNO3. The fourth-order valence-corrected chi connectivity index (χ4v) is 2.92. The molecule has 20 heavy (non-hydrogen) atoms. The Balaban J connectivity index is 2.28. The summed E-state index contributed by atoms with van der Waals surface area (Å²) in [6.45, 7) is 1.48. The van der Waals surface area contributed by atoms with Crippen LogP contribution in [0, 0.1) is 0 Å². The fraction of sp³-hybridized carbons (Fsp3) is 0.467. The van der Waals surface area contributed by atoms with Crippen molar-refractivity contribution in [2.45, 2.75) is 44.1 Å². The van der Waals surface area contributed by atoms with Gasteiger partial charge in [-0.2, -0.15) is 0 Å². The van der Waals surface area contributed by atoms with Crippen molar-refractivity contribution in [3.8, 4) is 0 Å². The summed E-state index contributed by atoms with van der Waals surface area (Å²) < 4.78 is 0. The number of carbonyl (C=O) groups is 2. The molecule has 1 amide bonds. The Morgan fingerprint density at radius 2 is 1.80 bits per heavy atom. The third-order valence-corrected chi connectivity index (χ3v) is 4.26. The molecule has 0 radical (unpaired) electrons. The van der Waals surface area contributed by atoms with Gasteiger partial charge in [0, 0.05) is 5.02 Å². The quantitative estimate of drug-likeness (QED) is 0.897. The fourth-order valence-electron chi connectivity index (χ4n) is 2.79.